The molecule has 28 heavy (non-hydrogen) atoms. The predicted molar refractivity (Wildman–Crippen MR) is 105 cm³/mol. The Bertz CT molecular complexity index is 554. The molecule has 1 atom stereocenters. The molecule has 1 unspecified atom stereocenters. The summed E-state index contributed by atoms with van der Waals surface area (Å²) in [6.07, 6.45) is 10.4. The standard InChI is InChI=1S/C22H38N2O4/c1-20(2,23)13-24-19(25)12-14-3-5-21(6-4-14)26-22(28-27-21)17-8-15-7-16(10-17)11-18(22)9-15/h14-19,24-25H,3-13,23H2,1-2H3. The molecule has 5 saturated carbocycles. The Hall–Kier alpha value is -0.240. The van der Waals surface area contributed by atoms with Crippen molar-refractivity contribution < 1.29 is 19.6 Å². The van der Waals surface area contributed by atoms with Gasteiger partial charge in [-0.1, -0.05) is 0 Å². The highest BCUT2D eigenvalue weighted by Crippen LogP contribution is 2.63. The maximum atomic E-state index is 10.3. The molecule has 1 saturated heterocycles. The molecule has 0 aromatic heterocycles. The summed E-state index contributed by atoms with van der Waals surface area (Å²) in [6.45, 7) is 4.54. The van der Waals surface area contributed by atoms with Gasteiger partial charge in [-0.3, -0.25) is 5.32 Å². The lowest BCUT2D eigenvalue weighted by atomic mass is 9.53. The third-order valence-electron chi connectivity index (χ3n) is 8.16. The van der Waals surface area contributed by atoms with Crippen molar-refractivity contribution in [2.75, 3.05) is 6.54 Å². The minimum Gasteiger partial charge on any atom is -0.379 e. The normalized spacial score (nSPS) is 48.6. The lowest BCUT2D eigenvalue weighted by Gasteiger charge is -2.57. The van der Waals surface area contributed by atoms with Crippen molar-refractivity contribution >= 4 is 0 Å². The summed E-state index contributed by atoms with van der Waals surface area (Å²) in [5.41, 5.74) is 5.68. The van der Waals surface area contributed by atoms with E-state index in [1.165, 1.54) is 32.1 Å². The first-order chi connectivity index (χ1) is 13.3. The zero-order valence-electron chi connectivity index (χ0n) is 17.5. The molecule has 6 aliphatic rings. The summed E-state index contributed by atoms with van der Waals surface area (Å²) >= 11 is 0. The Kier molecular flexibility index (Phi) is 4.85. The number of rotatable bonds is 5. The summed E-state index contributed by atoms with van der Waals surface area (Å²) in [7, 11) is 0. The van der Waals surface area contributed by atoms with E-state index < -0.39 is 17.8 Å². The van der Waals surface area contributed by atoms with Gasteiger partial charge in [0.15, 0.2) is 0 Å². The number of hydrogen-bond acceptors (Lipinski definition) is 6. The second kappa shape index (κ2) is 6.89. The van der Waals surface area contributed by atoms with E-state index in [1.54, 1.807) is 0 Å². The van der Waals surface area contributed by atoms with Crippen LogP contribution in [0.15, 0.2) is 0 Å². The zero-order chi connectivity index (χ0) is 19.6. The van der Waals surface area contributed by atoms with Gasteiger partial charge in [0.05, 0.1) is 0 Å². The van der Waals surface area contributed by atoms with Crippen LogP contribution < -0.4 is 11.1 Å². The van der Waals surface area contributed by atoms with E-state index in [-0.39, 0.29) is 5.54 Å². The van der Waals surface area contributed by atoms with Crippen LogP contribution in [0.3, 0.4) is 0 Å². The van der Waals surface area contributed by atoms with E-state index in [1.807, 2.05) is 13.8 Å². The fourth-order valence-electron chi connectivity index (χ4n) is 6.93. The lowest BCUT2D eigenvalue weighted by Crippen LogP contribution is -2.59. The molecule has 0 amide bonds. The van der Waals surface area contributed by atoms with E-state index in [4.69, 9.17) is 20.2 Å². The topological polar surface area (TPSA) is 86.0 Å². The molecular formula is C22H38N2O4. The van der Waals surface area contributed by atoms with Gasteiger partial charge in [-0.15, -0.1) is 0 Å². The molecule has 6 nitrogen and oxygen atoms in total. The van der Waals surface area contributed by atoms with Crippen LogP contribution >= 0.6 is 0 Å². The van der Waals surface area contributed by atoms with E-state index in [2.05, 4.69) is 5.32 Å². The van der Waals surface area contributed by atoms with Crippen molar-refractivity contribution in [2.24, 2.45) is 35.3 Å². The summed E-state index contributed by atoms with van der Waals surface area (Å²) in [5.74, 6) is 2.28. The Morgan fingerprint density at radius 1 is 1.04 bits per heavy atom. The highest BCUT2D eigenvalue weighted by atomic mass is 17.3. The van der Waals surface area contributed by atoms with Crippen molar-refractivity contribution in [3.63, 3.8) is 0 Å². The maximum Gasteiger partial charge on any atom is 0.210 e. The fraction of sp³-hybridized carbons (Fsp3) is 1.00. The number of aliphatic hydroxyl groups is 1. The second-order valence-electron chi connectivity index (χ2n) is 11.3. The highest BCUT2D eigenvalue weighted by molar-refractivity contribution is 5.05. The first-order valence-corrected chi connectivity index (χ1v) is 11.5. The lowest BCUT2D eigenvalue weighted by molar-refractivity contribution is -0.390. The molecule has 4 bridgehead atoms. The molecule has 160 valence electrons. The Morgan fingerprint density at radius 3 is 2.21 bits per heavy atom. The van der Waals surface area contributed by atoms with E-state index in [9.17, 15) is 5.11 Å². The van der Waals surface area contributed by atoms with Gasteiger partial charge in [-0.25, -0.2) is 0 Å². The molecule has 5 aliphatic carbocycles. The van der Waals surface area contributed by atoms with Crippen molar-refractivity contribution in [3.05, 3.63) is 0 Å². The van der Waals surface area contributed by atoms with Gasteiger partial charge < -0.3 is 15.6 Å². The number of nitrogens with two attached hydrogens (primary N) is 1. The monoisotopic (exact) mass is 394 g/mol. The Labute approximate surface area is 168 Å². The zero-order valence-corrected chi connectivity index (χ0v) is 17.5. The quantitative estimate of drug-likeness (QED) is 0.491. The minimum absolute atomic E-state index is 0.312. The highest BCUT2D eigenvalue weighted by Gasteiger charge is 2.66. The van der Waals surface area contributed by atoms with Gasteiger partial charge in [-0.2, -0.15) is 9.78 Å². The van der Waals surface area contributed by atoms with Crippen LogP contribution in [0.25, 0.3) is 0 Å². The van der Waals surface area contributed by atoms with Crippen molar-refractivity contribution in [2.45, 2.75) is 101 Å². The maximum absolute atomic E-state index is 10.3. The third-order valence-corrected chi connectivity index (χ3v) is 8.16. The van der Waals surface area contributed by atoms with Gasteiger partial charge in [0.1, 0.15) is 6.23 Å². The summed E-state index contributed by atoms with van der Waals surface area (Å²) in [5, 5.41) is 13.5. The van der Waals surface area contributed by atoms with Crippen LogP contribution in [0.5, 0.6) is 0 Å². The van der Waals surface area contributed by atoms with Crippen LogP contribution in [0.2, 0.25) is 0 Å². The van der Waals surface area contributed by atoms with E-state index in [0.29, 0.717) is 24.3 Å². The molecule has 6 rings (SSSR count). The molecule has 0 aromatic rings. The molecule has 0 radical (unpaired) electrons. The number of nitrogens with one attached hydrogen (secondary N) is 1. The van der Waals surface area contributed by atoms with Crippen LogP contribution in [-0.4, -0.2) is 35.0 Å². The SMILES string of the molecule is CC(C)(N)CNC(O)CC1CCC2(CC1)OOC1(O2)C2CC3CC(C2)CC1C3. The summed E-state index contributed by atoms with van der Waals surface area (Å²) in [4.78, 5) is 12.1. The van der Waals surface area contributed by atoms with Crippen molar-refractivity contribution in [1.29, 1.82) is 0 Å². The molecule has 4 N–H and O–H groups in total. The minimum atomic E-state index is -0.552. The van der Waals surface area contributed by atoms with Crippen molar-refractivity contribution in [1.82, 2.24) is 5.32 Å². The smallest absolute Gasteiger partial charge is 0.210 e. The molecular weight excluding hydrogens is 356 g/mol. The predicted octanol–water partition coefficient (Wildman–Crippen LogP) is 3.04. The number of aliphatic hydroxyl groups excluding tert-OH is 1. The van der Waals surface area contributed by atoms with Crippen LogP contribution in [0, 0.1) is 29.6 Å². The largest absolute Gasteiger partial charge is 0.379 e. The van der Waals surface area contributed by atoms with Crippen LogP contribution in [0.4, 0.5) is 0 Å². The van der Waals surface area contributed by atoms with Crippen LogP contribution in [0.1, 0.15) is 78.1 Å². The molecule has 1 heterocycles. The number of ether oxygens (including phenoxy) is 1. The van der Waals surface area contributed by atoms with Gasteiger partial charge in [-0.05, 0) is 83.0 Å². The van der Waals surface area contributed by atoms with Crippen LogP contribution in [-0.2, 0) is 14.5 Å². The molecule has 0 aromatic carbocycles. The van der Waals surface area contributed by atoms with E-state index in [0.717, 1.165) is 43.9 Å². The van der Waals surface area contributed by atoms with Gasteiger partial charge in [0.25, 0.3) is 0 Å². The van der Waals surface area contributed by atoms with E-state index >= 15 is 0 Å². The summed E-state index contributed by atoms with van der Waals surface area (Å²) < 4.78 is 6.76. The van der Waals surface area contributed by atoms with Gasteiger partial charge >= 0.3 is 0 Å². The molecule has 6 fully saturated rings. The number of hydrogen-bond donors (Lipinski definition) is 3. The fourth-order valence-corrected chi connectivity index (χ4v) is 6.93. The molecule has 2 spiro atoms. The van der Waals surface area contributed by atoms with Gasteiger partial charge in [0, 0.05) is 36.8 Å². The summed E-state index contributed by atoms with van der Waals surface area (Å²) in [6, 6.07) is 0. The Balaban J connectivity index is 1.15. The third kappa shape index (κ3) is 3.54. The molecule has 1 aliphatic heterocycles. The Morgan fingerprint density at radius 2 is 1.64 bits per heavy atom. The van der Waals surface area contributed by atoms with Crippen molar-refractivity contribution in [3.8, 4) is 0 Å². The average Bonchev–Trinajstić information content (AvgIpc) is 3.00. The molecule has 6 heteroatoms. The average molecular weight is 395 g/mol. The first kappa shape index (κ1) is 19.7. The van der Waals surface area contributed by atoms with Gasteiger partial charge in [0.2, 0.25) is 11.6 Å². The second-order valence-corrected chi connectivity index (χ2v) is 11.3. The first-order valence-electron chi connectivity index (χ1n) is 11.5.